The van der Waals surface area contributed by atoms with Crippen molar-refractivity contribution in [2.24, 2.45) is 0 Å². The number of nitrogens with zero attached hydrogens (tertiary/aromatic N) is 5. The molecule has 0 aliphatic heterocycles. The van der Waals surface area contributed by atoms with Crippen molar-refractivity contribution in [2.45, 2.75) is 27.3 Å². The summed E-state index contributed by atoms with van der Waals surface area (Å²) in [5.74, 6) is 1.07. The van der Waals surface area contributed by atoms with E-state index in [1.807, 2.05) is 30.7 Å². The van der Waals surface area contributed by atoms with Crippen LogP contribution in [0.2, 0.25) is 0 Å². The minimum absolute atomic E-state index is 0.506. The summed E-state index contributed by atoms with van der Waals surface area (Å²) < 4.78 is 7.32. The van der Waals surface area contributed by atoms with Gasteiger partial charge in [-0.15, -0.1) is 0 Å². The molecule has 0 atom stereocenters. The van der Waals surface area contributed by atoms with Crippen molar-refractivity contribution in [1.82, 2.24) is 24.9 Å². The molecule has 0 saturated carbocycles. The second-order valence-electron chi connectivity index (χ2n) is 4.52. The van der Waals surface area contributed by atoms with Crippen molar-refractivity contribution in [1.29, 1.82) is 0 Å². The molecule has 102 valence electrons. The minimum atomic E-state index is 0.506. The summed E-state index contributed by atoms with van der Waals surface area (Å²) in [6.45, 7) is 6.83. The molecule has 0 aliphatic rings. The molecule has 0 spiro atoms. The van der Waals surface area contributed by atoms with Gasteiger partial charge in [0.15, 0.2) is 0 Å². The molecule has 0 amide bonds. The Balaban J connectivity index is 2.05. The highest BCUT2D eigenvalue weighted by atomic mass is 16.5. The molecule has 0 N–H and O–H groups in total. The summed E-state index contributed by atoms with van der Waals surface area (Å²) in [6, 6.07) is 3.70. The van der Waals surface area contributed by atoms with E-state index in [2.05, 4.69) is 27.1 Å². The second-order valence-corrected chi connectivity index (χ2v) is 4.52. The third kappa shape index (κ3) is 1.99. The molecule has 0 aliphatic carbocycles. The van der Waals surface area contributed by atoms with Crippen LogP contribution in [0, 0.1) is 13.8 Å². The lowest BCUT2D eigenvalue weighted by molar-refractivity contribution is 0.432. The van der Waals surface area contributed by atoms with Gasteiger partial charge in [0.2, 0.25) is 5.82 Å². The fourth-order valence-electron chi connectivity index (χ4n) is 2.26. The smallest absolute Gasteiger partial charge is 0.261 e. The first-order valence-corrected chi connectivity index (χ1v) is 6.49. The quantitative estimate of drug-likeness (QED) is 0.731. The Hall–Kier alpha value is -2.50. The Labute approximate surface area is 116 Å². The summed E-state index contributed by atoms with van der Waals surface area (Å²) in [6.07, 6.45) is 3.41. The van der Waals surface area contributed by atoms with E-state index in [1.165, 1.54) is 0 Å². The summed E-state index contributed by atoms with van der Waals surface area (Å²) in [5, 5.41) is 8.50. The lowest BCUT2D eigenvalue weighted by Gasteiger charge is -1.98. The maximum absolute atomic E-state index is 5.39. The third-order valence-corrected chi connectivity index (χ3v) is 3.26. The fraction of sp³-hybridized carbons (Fsp3) is 0.286. The molecular formula is C14H15N5O. The molecule has 0 fully saturated rings. The van der Waals surface area contributed by atoms with Gasteiger partial charge in [0.05, 0.1) is 11.3 Å². The summed E-state index contributed by atoms with van der Waals surface area (Å²) in [7, 11) is 0. The highest BCUT2D eigenvalue weighted by molar-refractivity contribution is 5.63. The molecule has 0 unspecified atom stereocenters. The molecular weight excluding hydrogens is 254 g/mol. The number of hydrogen-bond acceptors (Lipinski definition) is 5. The van der Waals surface area contributed by atoms with E-state index in [0.717, 1.165) is 29.1 Å². The molecule has 0 bridgehead atoms. The maximum atomic E-state index is 5.39. The predicted octanol–water partition coefficient (Wildman–Crippen LogP) is 2.63. The van der Waals surface area contributed by atoms with Gasteiger partial charge >= 0.3 is 0 Å². The standard InChI is InChI=1S/C14H15N5O/c1-4-19-10(3)12(9(2)17-19)14-16-13(18-20-14)11-5-7-15-8-6-11/h5-8H,4H2,1-3H3. The number of aryl methyl sites for hydroxylation is 2. The van der Waals surface area contributed by atoms with E-state index in [4.69, 9.17) is 4.52 Å². The van der Waals surface area contributed by atoms with Crippen LogP contribution in [0.15, 0.2) is 29.0 Å². The molecule has 3 rings (SSSR count). The second kappa shape index (κ2) is 4.88. The summed E-state index contributed by atoms with van der Waals surface area (Å²) >= 11 is 0. The van der Waals surface area contributed by atoms with Crippen molar-refractivity contribution in [2.75, 3.05) is 0 Å². The first-order valence-electron chi connectivity index (χ1n) is 6.49. The first-order chi connectivity index (χ1) is 9.70. The van der Waals surface area contributed by atoms with E-state index in [0.29, 0.717) is 11.7 Å². The molecule has 6 heteroatoms. The van der Waals surface area contributed by atoms with Crippen LogP contribution in [-0.4, -0.2) is 24.9 Å². The van der Waals surface area contributed by atoms with Gasteiger partial charge in [-0.05, 0) is 32.9 Å². The number of aromatic nitrogens is 5. The Kier molecular flexibility index (Phi) is 3.06. The fourth-order valence-corrected chi connectivity index (χ4v) is 2.26. The highest BCUT2D eigenvalue weighted by Crippen LogP contribution is 2.27. The average Bonchev–Trinajstić information content (AvgIpc) is 3.04. The van der Waals surface area contributed by atoms with Crippen molar-refractivity contribution in [3.05, 3.63) is 35.9 Å². The Morgan fingerprint density at radius 2 is 1.95 bits per heavy atom. The van der Waals surface area contributed by atoms with Gasteiger partial charge in [-0.3, -0.25) is 9.67 Å². The number of rotatable bonds is 3. The van der Waals surface area contributed by atoms with Crippen LogP contribution in [0.4, 0.5) is 0 Å². The van der Waals surface area contributed by atoms with E-state index in [1.54, 1.807) is 12.4 Å². The molecule has 20 heavy (non-hydrogen) atoms. The topological polar surface area (TPSA) is 69.6 Å². The maximum Gasteiger partial charge on any atom is 0.261 e. The van der Waals surface area contributed by atoms with E-state index < -0.39 is 0 Å². The molecule has 0 aromatic carbocycles. The van der Waals surface area contributed by atoms with Crippen LogP contribution in [0.3, 0.4) is 0 Å². The molecule has 3 heterocycles. The molecule has 6 nitrogen and oxygen atoms in total. The Morgan fingerprint density at radius 1 is 1.20 bits per heavy atom. The van der Waals surface area contributed by atoms with Crippen molar-refractivity contribution in [3.8, 4) is 22.8 Å². The summed E-state index contributed by atoms with van der Waals surface area (Å²) in [5.41, 5.74) is 3.73. The van der Waals surface area contributed by atoms with Crippen molar-refractivity contribution in [3.63, 3.8) is 0 Å². The first kappa shape index (κ1) is 12.5. The lowest BCUT2D eigenvalue weighted by atomic mass is 10.2. The predicted molar refractivity (Wildman–Crippen MR) is 73.9 cm³/mol. The van der Waals surface area contributed by atoms with Gasteiger partial charge < -0.3 is 4.52 Å². The van der Waals surface area contributed by atoms with Gasteiger partial charge in [0.1, 0.15) is 0 Å². The average molecular weight is 269 g/mol. The zero-order chi connectivity index (χ0) is 14.1. The Morgan fingerprint density at radius 3 is 2.60 bits per heavy atom. The summed E-state index contributed by atoms with van der Waals surface area (Å²) in [4.78, 5) is 8.44. The monoisotopic (exact) mass is 269 g/mol. The van der Waals surface area contributed by atoms with Crippen LogP contribution in [0.5, 0.6) is 0 Å². The minimum Gasteiger partial charge on any atom is -0.333 e. The number of hydrogen-bond donors (Lipinski definition) is 0. The van der Waals surface area contributed by atoms with Crippen molar-refractivity contribution < 1.29 is 4.52 Å². The van der Waals surface area contributed by atoms with E-state index in [9.17, 15) is 0 Å². The molecule has 3 aromatic heterocycles. The van der Waals surface area contributed by atoms with Crippen LogP contribution >= 0.6 is 0 Å². The normalized spacial score (nSPS) is 10.9. The van der Waals surface area contributed by atoms with Crippen LogP contribution in [-0.2, 0) is 6.54 Å². The Bertz CT molecular complexity index is 729. The van der Waals surface area contributed by atoms with Crippen molar-refractivity contribution >= 4 is 0 Å². The van der Waals surface area contributed by atoms with Gasteiger partial charge in [-0.25, -0.2) is 0 Å². The zero-order valence-electron chi connectivity index (χ0n) is 11.7. The van der Waals surface area contributed by atoms with Gasteiger partial charge in [-0.1, -0.05) is 5.16 Å². The lowest BCUT2D eigenvalue weighted by Crippen LogP contribution is -1.98. The highest BCUT2D eigenvalue weighted by Gasteiger charge is 2.19. The molecule has 0 radical (unpaired) electrons. The van der Waals surface area contributed by atoms with Crippen LogP contribution in [0.25, 0.3) is 22.8 Å². The van der Waals surface area contributed by atoms with Gasteiger partial charge in [0, 0.05) is 30.2 Å². The SMILES string of the molecule is CCn1nc(C)c(-c2nc(-c3ccncc3)no2)c1C. The molecule has 3 aromatic rings. The third-order valence-electron chi connectivity index (χ3n) is 3.26. The van der Waals surface area contributed by atoms with Crippen LogP contribution in [0.1, 0.15) is 18.3 Å². The zero-order valence-corrected chi connectivity index (χ0v) is 11.7. The van der Waals surface area contributed by atoms with Gasteiger partial charge in [-0.2, -0.15) is 10.1 Å². The van der Waals surface area contributed by atoms with Crippen LogP contribution < -0.4 is 0 Å². The largest absolute Gasteiger partial charge is 0.333 e. The van der Waals surface area contributed by atoms with Gasteiger partial charge in [0.25, 0.3) is 5.89 Å². The van der Waals surface area contributed by atoms with E-state index >= 15 is 0 Å². The van der Waals surface area contributed by atoms with E-state index in [-0.39, 0.29) is 0 Å². The number of pyridine rings is 1. The molecule has 0 saturated heterocycles.